The SMILES string of the molecule is CC#C[C@@H](CC)c1ccc(OCC2=C[C@@]3(CCC2)CCC(=O)C3)cc1. The van der Waals surface area contributed by atoms with Crippen LogP contribution in [0.5, 0.6) is 5.75 Å². The summed E-state index contributed by atoms with van der Waals surface area (Å²) < 4.78 is 6.01. The zero-order chi connectivity index (χ0) is 17.7. The van der Waals surface area contributed by atoms with Crippen molar-refractivity contribution in [3.05, 3.63) is 41.5 Å². The highest BCUT2D eigenvalue weighted by Gasteiger charge is 2.38. The Bertz CT molecular complexity index is 702. The van der Waals surface area contributed by atoms with Crippen LogP contribution >= 0.6 is 0 Å². The Morgan fingerprint density at radius 3 is 2.64 bits per heavy atom. The van der Waals surface area contributed by atoms with Gasteiger partial charge in [0.25, 0.3) is 0 Å². The Balaban J connectivity index is 1.61. The molecule has 2 aliphatic carbocycles. The van der Waals surface area contributed by atoms with Gasteiger partial charge in [0, 0.05) is 18.8 Å². The Morgan fingerprint density at radius 2 is 2.00 bits per heavy atom. The summed E-state index contributed by atoms with van der Waals surface area (Å²) in [6.07, 6.45) is 9.34. The topological polar surface area (TPSA) is 26.3 Å². The molecule has 0 amide bonds. The predicted octanol–water partition coefficient (Wildman–Crippen LogP) is 5.43. The van der Waals surface area contributed by atoms with E-state index in [2.05, 4.69) is 37.0 Å². The third kappa shape index (κ3) is 4.34. The molecular weight excluding hydrogens is 308 g/mol. The van der Waals surface area contributed by atoms with E-state index >= 15 is 0 Å². The molecule has 1 aromatic carbocycles. The standard InChI is InChI=1S/C23H28O2/c1-3-6-19(4-2)20-8-10-22(11-9-20)25-17-18-7-5-13-23(15-18)14-12-21(24)16-23/h8-11,15,19H,4-5,7,12-14,16-17H2,1-2H3/t19-,23-/m1/s1. The monoisotopic (exact) mass is 336 g/mol. The minimum Gasteiger partial charge on any atom is -0.489 e. The maximum absolute atomic E-state index is 11.7. The second-order valence-electron chi connectivity index (χ2n) is 7.45. The van der Waals surface area contributed by atoms with Gasteiger partial charge < -0.3 is 4.74 Å². The zero-order valence-corrected chi connectivity index (χ0v) is 15.4. The molecule has 0 aromatic heterocycles. The van der Waals surface area contributed by atoms with Gasteiger partial charge in [-0.1, -0.05) is 31.1 Å². The summed E-state index contributed by atoms with van der Waals surface area (Å²) >= 11 is 0. The lowest BCUT2D eigenvalue weighted by Gasteiger charge is -2.30. The zero-order valence-electron chi connectivity index (χ0n) is 15.4. The van der Waals surface area contributed by atoms with Crippen LogP contribution in [0.4, 0.5) is 0 Å². The van der Waals surface area contributed by atoms with Crippen LogP contribution in [0.2, 0.25) is 0 Å². The molecule has 1 spiro atoms. The van der Waals surface area contributed by atoms with E-state index in [4.69, 9.17) is 4.74 Å². The molecule has 0 aliphatic heterocycles. The first kappa shape index (κ1) is 17.8. The summed E-state index contributed by atoms with van der Waals surface area (Å²) in [6, 6.07) is 8.35. The first-order valence-electron chi connectivity index (χ1n) is 9.51. The highest BCUT2D eigenvalue weighted by atomic mass is 16.5. The molecule has 2 heteroatoms. The number of ketones is 1. The molecule has 0 heterocycles. The number of rotatable bonds is 5. The molecule has 1 fully saturated rings. The molecule has 2 aliphatic rings. The van der Waals surface area contributed by atoms with Crippen LogP contribution in [0.25, 0.3) is 0 Å². The molecule has 1 aromatic rings. The van der Waals surface area contributed by atoms with E-state index in [1.54, 1.807) is 0 Å². The number of carbonyl (C=O) groups excluding carboxylic acids is 1. The molecule has 132 valence electrons. The van der Waals surface area contributed by atoms with Crippen LogP contribution in [0.15, 0.2) is 35.9 Å². The van der Waals surface area contributed by atoms with Crippen LogP contribution in [0.3, 0.4) is 0 Å². The van der Waals surface area contributed by atoms with Crippen molar-refractivity contribution in [3.63, 3.8) is 0 Å². The smallest absolute Gasteiger partial charge is 0.133 e. The molecule has 0 unspecified atom stereocenters. The summed E-state index contributed by atoms with van der Waals surface area (Å²) in [5, 5.41) is 0. The van der Waals surface area contributed by atoms with E-state index < -0.39 is 0 Å². The van der Waals surface area contributed by atoms with E-state index in [0.717, 1.165) is 44.3 Å². The first-order valence-corrected chi connectivity index (χ1v) is 9.51. The highest BCUT2D eigenvalue weighted by molar-refractivity contribution is 5.82. The van der Waals surface area contributed by atoms with Crippen LogP contribution in [0.1, 0.15) is 70.3 Å². The lowest BCUT2D eigenvalue weighted by Crippen LogP contribution is -2.20. The molecule has 2 nitrogen and oxygen atoms in total. The van der Waals surface area contributed by atoms with Gasteiger partial charge in [-0.25, -0.2) is 0 Å². The van der Waals surface area contributed by atoms with Crippen molar-refractivity contribution in [2.45, 2.75) is 64.7 Å². The number of benzene rings is 1. The molecule has 0 N–H and O–H groups in total. The second-order valence-corrected chi connectivity index (χ2v) is 7.45. The molecule has 3 rings (SSSR count). The van der Waals surface area contributed by atoms with Crippen LogP contribution in [0, 0.1) is 17.3 Å². The number of ether oxygens (including phenoxy) is 1. The van der Waals surface area contributed by atoms with Crippen molar-refractivity contribution >= 4 is 5.78 Å². The molecule has 1 saturated carbocycles. The third-order valence-corrected chi connectivity index (χ3v) is 5.57. The fraction of sp³-hybridized carbons (Fsp3) is 0.522. The highest BCUT2D eigenvalue weighted by Crippen LogP contribution is 2.45. The minimum atomic E-state index is 0.144. The van der Waals surface area contributed by atoms with E-state index in [9.17, 15) is 4.79 Å². The van der Waals surface area contributed by atoms with Gasteiger partial charge in [-0.3, -0.25) is 4.79 Å². The number of allylic oxidation sites excluding steroid dienone is 1. The van der Waals surface area contributed by atoms with Crippen molar-refractivity contribution in [2.24, 2.45) is 5.41 Å². The van der Waals surface area contributed by atoms with Crippen molar-refractivity contribution in [1.82, 2.24) is 0 Å². The fourth-order valence-corrected chi connectivity index (χ4v) is 4.22. The lowest BCUT2D eigenvalue weighted by molar-refractivity contribution is -0.117. The Labute approximate surface area is 151 Å². The fourth-order valence-electron chi connectivity index (χ4n) is 4.22. The van der Waals surface area contributed by atoms with Gasteiger partial charge in [0.05, 0.1) is 0 Å². The van der Waals surface area contributed by atoms with Crippen LogP contribution < -0.4 is 4.74 Å². The maximum atomic E-state index is 11.7. The number of Topliss-reactive ketones (excluding diaryl/α,β-unsaturated/α-hetero) is 1. The van der Waals surface area contributed by atoms with Gasteiger partial charge in [0.15, 0.2) is 0 Å². The van der Waals surface area contributed by atoms with Crippen molar-refractivity contribution in [3.8, 4) is 17.6 Å². The van der Waals surface area contributed by atoms with E-state index in [-0.39, 0.29) is 5.41 Å². The van der Waals surface area contributed by atoms with Gasteiger partial charge in [-0.15, -0.1) is 5.92 Å². The van der Waals surface area contributed by atoms with Gasteiger partial charge in [-0.05, 0) is 67.7 Å². The Hall–Kier alpha value is -2.01. The van der Waals surface area contributed by atoms with Crippen molar-refractivity contribution in [1.29, 1.82) is 0 Å². The van der Waals surface area contributed by atoms with Crippen molar-refractivity contribution < 1.29 is 9.53 Å². The molecule has 0 radical (unpaired) electrons. The average molecular weight is 336 g/mol. The number of carbonyl (C=O) groups is 1. The molecule has 0 saturated heterocycles. The van der Waals surface area contributed by atoms with Crippen LogP contribution in [-0.2, 0) is 4.79 Å². The van der Waals surface area contributed by atoms with Gasteiger partial charge >= 0.3 is 0 Å². The van der Waals surface area contributed by atoms with E-state index in [0.29, 0.717) is 18.3 Å². The summed E-state index contributed by atoms with van der Waals surface area (Å²) in [5.41, 5.74) is 2.75. The van der Waals surface area contributed by atoms with Crippen LogP contribution in [-0.4, -0.2) is 12.4 Å². The van der Waals surface area contributed by atoms with Gasteiger partial charge in [-0.2, -0.15) is 0 Å². The maximum Gasteiger partial charge on any atom is 0.133 e. The summed E-state index contributed by atoms with van der Waals surface area (Å²) in [7, 11) is 0. The molecular formula is C23H28O2. The first-order chi connectivity index (χ1) is 12.1. The Kier molecular flexibility index (Phi) is 5.63. The van der Waals surface area contributed by atoms with Gasteiger partial charge in [0.1, 0.15) is 18.1 Å². The normalized spacial score (nSPS) is 23.8. The predicted molar refractivity (Wildman–Crippen MR) is 102 cm³/mol. The lowest BCUT2D eigenvalue weighted by atomic mass is 9.75. The Morgan fingerprint density at radius 1 is 1.20 bits per heavy atom. The van der Waals surface area contributed by atoms with Gasteiger partial charge in [0.2, 0.25) is 0 Å². The summed E-state index contributed by atoms with van der Waals surface area (Å²) in [4.78, 5) is 11.7. The molecule has 25 heavy (non-hydrogen) atoms. The van der Waals surface area contributed by atoms with E-state index in [1.807, 2.05) is 19.1 Å². The van der Waals surface area contributed by atoms with Crippen molar-refractivity contribution in [2.75, 3.05) is 6.61 Å². The number of hydrogen-bond donors (Lipinski definition) is 0. The summed E-state index contributed by atoms with van der Waals surface area (Å²) in [6.45, 7) is 4.70. The minimum absolute atomic E-state index is 0.144. The number of hydrogen-bond acceptors (Lipinski definition) is 2. The largest absolute Gasteiger partial charge is 0.489 e. The molecule has 2 atom stereocenters. The van der Waals surface area contributed by atoms with E-state index in [1.165, 1.54) is 17.6 Å². The second kappa shape index (κ2) is 7.91. The molecule has 0 bridgehead atoms. The quantitative estimate of drug-likeness (QED) is 0.529. The third-order valence-electron chi connectivity index (χ3n) is 5.57. The summed E-state index contributed by atoms with van der Waals surface area (Å²) in [5.74, 6) is 7.91. The average Bonchev–Trinajstić information content (AvgIpc) is 2.98.